The Hall–Kier alpha value is -2.20. The third-order valence-electron chi connectivity index (χ3n) is 2.21. The van der Waals surface area contributed by atoms with Gasteiger partial charge in [0.25, 0.3) is 0 Å². The molecule has 0 bridgehead atoms. The van der Waals surface area contributed by atoms with Gasteiger partial charge in [-0.1, -0.05) is 0 Å². The topological polar surface area (TPSA) is 201 Å². The molecule has 0 rings (SSSR count). The van der Waals surface area contributed by atoms with E-state index in [1.165, 1.54) is 0 Å². The Balaban J connectivity index is 0. The zero-order chi connectivity index (χ0) is 17.0. The molecule has 0 radical (unpaired) electrons. The molecule has 0 saturated heterocycles. The van der Waals surface area contributed by atoms with Gasteiger partial charge in [-0.05, 0) is 19.3 Å². The second-order valence-corrected chi connectivity index (χ2v) is 4.11. The fourth-order valence-electron chi connectivity index (χ4n) is 0.999. The molecule has 0 aromatic rings. The van der Waals surface area contributed by atoms with E-state index in [0.29, 0.717) is 6.42 Å². The van der Waals surface area contributed by atoms with E-state index in [1.54, 1.807) is 0 Å². The van der Waals surface area contributed by atoms with Gasteiger partial charge < -0.3 is 31.9 Å². The zero-order valence-corrected chi connectivity index (χ0v) is 11.3. The van der Waals surface area contributed by atoms with Crippen LogP contribution >= 0.6 is 0 Å². The lowest BCUT2D eigenvalue weighted by Crippen LogP contribution is -2.30. The minimum Gasteiger partial charge on any atom is -0.481 e. The van der Waals surface area contributed by atoms with Gasteiger partial charge in [0, 0.05) is 12.8 Å². The number of carboxylic acids is 4. The Morgan fingerprint density at radius 1 is 0.714 bits per heavy atom. The molecule has 0 amide bonds. The minimum atomic E-state index is -1.17. The van der Waals surface area contributed by atoms with E-state index in [9.17, 15) is 19.2 Å². The maximum atomic E-state index is 10.1. The summed E-state index contributed by atoms with van der Waals surface area (Å²) in [5.41, 5.74) is 10.1. The van der Waals surface area contributed by atoms with Crippen molar-refractivity contribution >= 4 is 23.9 Å². The summed E-state index contributed by atoms with van der Waals surface area (Å²) in [7, 11) is 0. The summed E-state index contributed by atoms with van der Waals surface area (Å²) in [5, 5.41) is 32.7. The van der Waals surface area contributed by atoms with Crippen molar-refractivity contribution < 1.29 is 39.6 Å². The summed E-state index contributed by atoms with van der Waals surface area (Å²) in [6.07, 6.45) is 0.267. The number of carboxylic acid groups (broad SMARTS) is 4. The van der Waals surface area contributed by atoms with Crippen LogP contribution in [0.2, 0.25) is 0 Å². The normalized spacial score (nSPS) is 12.5. The maximum absolute atomic E-state index is 10.1. The standard InChI is InChI=1S/C6H11NO4.C5H9NO4/c7-4(6(10)11)2-1-3-5(8)9;6-3(5(9)10)1-2-4(7)8/h4H,1-3,7H2,(H,8,9)(H,10,11);3H,1-2,6H2,(H,7,8)(H,9,10)/t;3-/m.0/s1. The van der Waals surface area contributed by atoms with E-state index in [4.69, 9.17) is 31.9 Å². The molecule has 0 fully saturated rings. The highest BCUT2D eigenvalue weighted by atomic mass is 16.4. The lowest BCUT2D eigenvalue weighted by Gasteiger charge is -2.02. The van der Waals surface area contributed by atoms with Crippen molar-refractivity contribution in [3.05, 3.63) is 0 Å². The first-order valence-corrected chi connectivity index (χ1v) is 5.98. The van der Waals surface area contributed by atoms with Gasteiger partial charge in [-0.3, -0.25) is 19.2 Å². The Morgan fingerprint density at radius 3 is 1.43 bits per heavy atom. The summed E-state index contributed by atoms with van der Waals surface area (Å²) in [4.78, 5) is 39.9. The summed E-state index contributed by atoms with van der Waals surface area (Å²) in [6, 6.07) is -1.99. The summed E-state index contributed by atoms with van der Waals surface area (Å²) in [5.74, 6) is -4.21. The van der Waals surface area contributed by atoms with E-state index < -0.39 is 36.0 Å². The zero-order valence-electron chi connectivity index (χ0n) is 11.3. The Labute approximate surface area is 120 Å². The van der Waals surface area contributed by atoms with E-state index in [-0.39, 0.29) is 25.7 Å². The predicted molar refractivity (Wildman–Crippen MR) is 69.6 cm³/mol. The number of hydrogen-bond acceptors (Lipinski definition) is 6. The number of hydrogen-bond donors (Lipinski definition) is 6. The Bertz CT molecular complexity index is 371. The first-order chi connectivity index (χ1) is 9.57. The van der Waals surface area contributed by atoms with Crippen LogP contribution in [-0.2, 0) is 19.2 Å². The van der Waals surface area contributed by atoms with Crippen molar-refractivity contribution in [3.8, 4) is 0 Å². The smallest absolute Gasteiger partial charge is 0.320 e. The van der Waals surface area contributed by atoms with Crippen molar-refractivity contribution in [3.63, 3.8) is 0 Å². The molecular weight excluding hydrogens is 288 g/mol. The molecule has 2 atom stereocenters. The van der Waals surface area contributed by atoms with Crippen molar-refractivity contribution in [1.82, 2.24) is 0 Å². The van der Waals surface area contributed by atoms with Crippen molar-refractivity contribution in [2.45, 2.75) is 44.2 Å². The highest BCUT2D eigenvalue weighted by Crippen LogP contribution is 1.98. The molecular formula is C11H20N2O8. The molecule has 0 aromatic heterocycles. The Kier molecular flexibility index (Phi) is 11.7. The number of nitrogens with two attached hydrogens (primary N) is 2. The highest BCUT2D eigenvalue weighted by Gasteiger charge is 2.12. The van der Waals surface area contributed by atoms with E-state index >= 15 is 0 Å². The molecule has 21 heavy (non-hydrogen) atoms. The fraction of sp³-hybridized carbons (Fsp3) is 0.636. The molecule has 10 nitrogen and oxygen atoms in total. The van der Waals surface area contributed by atoms with Crippen LogP contribution in [0.4, 0.5) is 0 Å². The average molecular weight is 308 g/mol. The van der Waals surface area contributed by atoms with E-state index in [2.05, 4.69) is 0 Å². The van der Waals surface area contributed by atoms with Gasteiger partial charge in [0.2, 0.25) is 0 Å². The molecule has 0 heterocycles. The minimum absolute atomic E-state index is 0.0231. The quantitative estimate of drug-likeness (QED) is 0.304. The van der Waals surface area contributed by atoms with Gasteiger partial charge in [0.1, 0.15) is 12.1 Å². The predicted octanol–water partition coefficient (Wildman–Crippen LogP) is -1.08. The SMILES string of the molecule is NC(CCCC(=O)O)C(=O)O.N[C@@H](CCC(=O)O)C(=O)O. The lowest BCUT2D eigenvalue weighted by molar-refractivity contribution is -0.140. The first-order valence-electron chi connectivity index (χ1n) is 5.98. The molecule has 0 spiro atoms. The van der Waals surface area contributed by atoms with Crippen LogP contribution in [0.3, 0.4) is 0 Å². The van der Waals surface area contributed by atoms with Gasteiger partial charge in [-0.25, -0.2) is 0 Å². The van der Waals surface area contributed by atoms with Gasteiger partial charge in [-0.2, -0.15) is 0 Å². The van der Waals surface area contributed by atoms with E-state index in [0.717, 1.165) is 0 Å². The number of carbonyl (C=O) groups is 4. The van der Waals surface area contributed by atoms with Crippen molar-refractivity contribution in [2.75, 3.05) is 0 Å². The molecule has 10 heteroatoms. The van der Waals surface area contributed by atoms with Gasteiger partial charge >= 0.3 is 23.9 Å². The van der Waals surface area contributed by atoms with Gasteiger partial charge in [0.15, 0.2) is 0 Å². The molecule has 0 aliphatic heterocycles. The molecule has 0 aliphatic carbocycles. The van der Waals surface area contributed by atoms with Crippen LogP contribution < -0.4 is 11.5 Å². The second kappa shape index (κ2) is 11.6. The maximum Gasteiger partial charge on any atom is 0.320 e. The number of rotatable bonds is 9. The van der Waals surface area contributed by atoms with Crippen LogP contribution in [0, 0.1) is 0 Å². The van der Waals surface area contributed by atoms with Crippen molar-refractivity contribution in [2.24, 2.45) is 11.5 Å². The molecule has 0 aromatic carbocycles. The van der Waals surface area contributed by atoms with Crippen LogP contribution in [0.25, 0.3) is 0 Å². The van der Waals surface area contributed by atoms with E-state index in [1.807, 2.05) is 0 Å². The van der Waals surface area contributed by atoms with Crippen LogP contribution in [0.5, 0.6) is 0 Å². The van der Waals surface area contributed by atoms with Crippen LogP contribution in [-0.4, -0.2) is 56.4 Å². The third kappa shape index (κ3) is 15.7. The number of aliphatic carboxylic acids is 4. The largest absolute Gasteiger partial charge is 0.481 e. The van der Waals surface area contributed by atoms with Gasteiger partial charge in [0.05, 0.1) is 0 Å². The molecule has 8 N–H and O–H groups in total. The fourth-order valence-corrected chi connectivity index (χ4v) is 0.999. The average Bonchev–Trinajstić information content (AvgIpc) is 2.35. The molecule has 0 aliphatic rings. The first kappa shape index (κ1) is 21.1. The Morgan fingerprint density at radius 2 is 1.10 bits per heavy atom. The monoisotopic (exact) mass is 308 g/mol. The van der Waals surface area contributed by atoms with Crippen LogP contribution in [0.1, 0.15) is 32.1 Å². The molecule has 122 valence electrons. The highest BCUT2D eigenvalue weighted by molar-refractivity contribution is 5.74. The van der Waals surface area contributed by atoms with Crippen LogP contribution in [0.15, 0.2) is 0 Å². The summed E-state index contributed by atoms with van der Waals surface area (Å²) in [6.45, 7) is 0. The second-order valence-electron chi connectivity index (χ2n) is 4.11. The summed E-state index contributed by atoms with van der Waals surface area (Å²) < 4.78 is 0. The van der Waals surface area contributed by atoms with Crippen molar-refractivity contribution in [1.29, 1.82) is 0 Å². The summed E-state index contributed by atoms with van der Waals surface area (Å²) >= 11 is 0. The third-order valence-corrected chi connectivity index (χ3v) is 2.21. The molecule has 1 unspecified atom stereocenters. The lowest BCUT2D eigenvalue weighted by atomic mass is 10.1. The van der Waals surface area contributed by atoms with Gasteiger partial charge in [-0.15, -0.1) is 0 Å². The molecule has 0 saturated carbocycles.